The lowest BCUT2D eigenvalue weighted by atomic mass is 10.2. The highest BCUT2D eigenvalue weighted by molar-refractivity contribution is 9.09. The van der Waals surface area contributed by atoms with Crippen LogP contribution in [0, 0.1) is 0 Å². The zero-order valence-electron chi connectivity index (χ0n) is 10.3. The number of benzene rings is 1. The highest BCUT2D eigenvalue weighted by atomic mass is 79.9. The first-order valence-electron chi connectivity index (χ1n) is 6.09. The normalized spacial score (nSPS) is 10.8. The molecule has 0 amide bonds. The van der Waals surface area contributed by atoms with E-state index in [4.69, 9.17) is 0 Å². The fourth-order valence-corrected chi connectivity index (χ4v) is 2.43. The van der Waals surface area contributed by atoms with Gasteiger partial charge in [-0.15, -0.1) is 0 Å². The van der Waals surface area contributed by atoms with Crippen LogP contribution in [0.2, 0.25) is 0 Å². The largest absolute Gasteiger partial charge is 0.294 e. The molecule has 0 N–H and O–H groups in total. The lowest BCUT2D eigenvalue weighted by molar-refractivity contribution is 0.274. The number of hydrogen-bond donors (Lipinski definition) is 0. The van der Waals surface area contributed by atoms with Crippen LogP contribution in [-0.4, -0.2) is 21.8 Å². The first kappa shape index (κ1) is 13.2. The third-order valence-electron chi connectivity index (χ3n) is 2.78. The van der Waals surface area contributed by atoms with Crippen LogP contribution >= 0.6 is 15.9 Å². The van der Waals surface area contributed by atoms with Crippen molar-refractivity contribution in [3.8, 4) is 0 Å². The van der Waals surface area contributed by atoms with E-state index in [1.807, 2.05) is 18.5 Å². The fourth-order valence-electron chi connectivity index (χ4n) is 1.93. The summed E-state index contributed by atoms with van der Waals surface area (Å²) in [6, 6.07) is 14.7. The maximum atomic E-state index is 4.17. The van der Waals surface area contributed by atoms with Crippen LogP contribution in [-0.2, 0) is 13.1 Å². The van der Waals surface area contributed by atoms with E-state index in [-0.39, 0.29) is 0 Å². The third-order valence-corrected chi connectivity index (χ3v) is 3.13. The minimum absolute atomic E-state index is 0.939. The Morgan fingerprint density at radius 3 is 2.33 bits per heavy atom. The molecule has 2 rings (SSSR count). The van der Waals surface area contributed by atoms with Crippen LogP contribution in [0.15, 0.2) is 54.9 Å². The van der Waals surface area contributed by atoms with Crippen LogP contribution in [0.3, 0.4) is 0 Å². The summed E-state index contributed by atoms with van der Waals surface area (Å²) in [5, 5.41) is 0.986. The van der Waals surface area contributed by atoms with E-state index in [1.54, 1.807) is 0 Å². The first-order chi connectivity index (χ1) is 8.88. The van der Waals surface area contributed by atoms with Crippen molar-refractivity contribution in [3.63, 3.8) is 0 Å². The average Bonchev–Trinajstić information content (AvgIpc) is 2.41. The van der Waals surface area contributed by atoms with Gasteiger partial charge in [0.25, 0.3) is 0 Å². The molecule has 0 spiro atoms. The summed E-state index contributed by atoms with van der Waals surface area (Å²) in [6.07, 6.45) is 3.75. The van der Waals surface area contributed by atoms with Gasteiger partial charge in [-0.05, 0) is 17.2 Å². The Hall–Kier alpha value is -1.19. The summed E-state index contributed by atoms with van der Waals surface area (Å²) in [6.45, 7) is 2.94. The van der Waals surface area contributed by atoms with Crippen LogP contribution in [0.4, 0.5) is 0 Å². The highest BCUT2D eigenvalue weighted by Gasteiger charge is 2.06. The van der Waals surface area contributed by atoms with Gasteiger partial charge in [0.2, 0.25) is 0 Å². The lowest BCUT2D eigenvalue weighted by Crippen LogP contribution is -2.24. The van der Waals surface area contributed by atoms with Crippen LogP contribution in [0.5, 0.6) is 0 Å². The average molecular weight is 305 g/mol. The molecular weight excluding hydrogens is 288 g/mol. The van der Waals surface area contributed by atoms with Gasteiger partial charge >= 0.3 is 0 Å². The molecular formula is C15H17BrN2. The van der Waals surface area contributed by atoms with Crippen LogP contribution in [0.25, 0.3) is 0 Å². The summed E-state index contributed by atoms with van der Waals surface area (Å²) in [5.74, 6) is 0. The summed E-state index contributed by atoms with van der Waals surface area (Å²) >= 11 is 3.52. The Morgan fingerprint density at radius 2 is 1.67 bits per heavy atom. The summed E-state index contributed by atoms with van der Waals surface area (Å²) in [5.41, 5.74) is 2.61. The number of rotatable bonds is 6. The maximum absolute atomic E-state index is 4.17. The quantitative estimate of drug-likeness (QED) is 0.760. The molecule has 0 radical (unpaired) electrons. The number of halogens is 1. The Labute approximate surface area is 117 Å². The Morgan fingerprint density at radius 1 is 0.944 bits per heavy atom. The van der Waals surface area contributed by atoms with Crippen molar-refractivity contribution in [2.45, 2.75) is 13.1 Å². The van der Waals surface area contributed by atoms with Crippen molar-refractivity contribution >= 4 is 15.9 Å². The van der Waals surface area contributed by atoms with E-state index in [2.05, 4.69) is 62.2 Å². The fraction of sp³-hybridized carbons (Fsp3) is 0.267. The second kappa shape index (κ2) is 7.29. The number of nitrogens with zero attached hydrogens (tertiary/aromatic N) is 2. The monoisotopic (exact) mass is 304 g/mol. The van der Waals surface area contributed by atoms with E-state index in [1.165, 1.54) is 11.1 Å². The third kappa shape index (κ3) is 4.24. The number of pyridine rings is 1. The molecule has 0 aliphatic rings. The summed E-state index contributed by atoms with van der Waals surface area (Å²) in [7, 11) is 0. The van der Waals surface area contributed by atoms with Gasteiger partial charge in [0.15, 0.2) is 0 Å². The van der Waals surface area contributed by atoms with Gasteiger partial charge in [0.1, 0.15) is 0 Å². The molecule has 0 saturated heterocycles. The molecule has 0 fully saturated rings. The highest BCUT2D eigenvalue weighted by Crippen LogP contribution is 2.09. The van der Waals surface area contributed by atoms with Gasteiger partial charge in [-0.2, -0.15) is 0 Å². The summed E-state index contributed by atoms with van der Waals surface area (Å²) in [4.78, 5) is 6.58. The molecule has 0 bridgehead atoms. The molecule has 2 aromatic rings. The van der Waals surface area contributed by atoms with Crippen LogP contribution in [0.1, 0.15) is 11.1 Å². The van der Waals surface area contributed by atoms with Crippen molar-refractivity contribution in [1.82, 2.24) is 9.88 Å². The van der Waals surface area contributed by atoms with E-state index < -0.39 is 0 Å². The van der Waals surface area contributed by atoms with Gasteiger partial charge in [-0.25, -0.2) is 0 Å². The number of aromatic nitrogens is 1. The van der Waals surface area contributed by atoms with Gasteiger partial charge in [-0.1, -0.05) is 52.3 Å². The van der Waals surface area contributed by atoms with E-state index in [0.717, 1.165) is 25.0 Å². The molecule has 3 heteroatoms. The van der Waals surface area contributed by atoms with E-state index in [9.17, 15) is 0 Å². The van der Waals surface area contributed by atoms with E-state index >= 15 is 0 Å². The number of alkyl halides is 1. The molecule has 0 aliphatic carbocycles. The lowest BCUT2D eigenvalue weighted by Gasteiger charge is -2.21. The topological polar surface area (TPSA) is 16.1 Å². The predicted octanol–water partition coefficient (Wildman–Crippen LogP) is 3.48. The van der Waals surface area contributed by atoms with Gasteiger partial charge in [0.05, 0.1) is 0 Å². The standard InChI is InChI=1S/C15H17BrN2/c16-8-10-18(12-14-5-2-1-3-6-14)13-15-7-4-9-17-11-15/h1-7,9,11H,8,10,12-13H2. The minimum Gasteiger partial charge on any atom is -0.294 e. The minimum atomic E-state index is 0.939. The van der Waals surface area contributed by atoms with Crippen molar-refractivity contribution in [2.24, 2.45) is 0 Å². The Balaban J connectivity index is 2.00. The Kier molecular flexibility index (Phi) is 5.36. The molecule has 0 atom stereocenters. The molecule has 18 heavy (non-hydrogen) atoms. The molecule has 0 saturated carbocycles. The molecule has 0 aliphatic heterocycles. The van der Waals surface area contributed by atoms with Crippen molar-refractivity contribution in [3.05, 3.63) is 66.0 Å². The molecule has 1 heterocycles. The first-order valence-corrected chi connectivity index (χ1v) is 7.22. The second-order valence-electron chi connectivity index (χ2n) is 4.25. The van der Waals surface area contributed by atoms with E-state index in [0.29, 0.717) is 0 Å². The maximum Gasteiger partial charge on any atom is 0.0312 e. The van der Waals surface area contributed by atoms with Crippen molar-refractivity contribution in [1.29, 1.82) is 0 Å². The zero-order chi connectivity index (χ0) is 12.6. The van der Waals surface area contributed by atoms with Gasteiger partial charge < -0.3 is 0 Å². The van der Waals surface area contributed by atoms with Gasteiger partial charge in [0, 0.05) is 37.4 Å². The van der Waals surface area contributed by atoms with Gasteiger partial charge in [-0.3, -0.25) is 9.88 Å². The summed E-state index contributed by atoms with van der Waals surface area (Å²) < 4.78 is 0. The second-order valence-corrected chi connectivity index (χ2v) is 5.04. The molecule has 94 valence electrons. The van der Waals surface area contributed by atoms with Crippen molar-refractivity contribution < 1.29 is 0 Å². The molecule has 1 aromatic carbocycles. The number of hydrogen-bond acceptors (Lipinski definition) is 2. The van der Waals surface area contributed by atoms with Crippen molar-refractivity contribution in [2.75, 3.05) is 11.9 Å². The molecule has 0 unspecified atom stereocenters. The SMILES string of the molecule is BrCCN(Cc1ccccc1)Cc1cccnc1. The predicted molar refractivity (Wildman–Crippen MR) is 78.6 cm³/mol. The smallest absolute Gasteiger partial charge is 0.0312 e. The zero-order valence-corrected chi connectivity index (χ0v) is 11.9. The molecule has 1 aromatic heterocycles. The van der Waals surface area contributed by atoms with Crippen LogP contribution < -0.4 is 0 Å². The Bertz CT molecular complexity index is 403. The molecule has 2 nitrogen and oxygen atoms in total.